The van der Waals surface area contributed by atoms with Crippen molar-refractivity contribution in [1.82, 2.24) is 4.90 Å². The Morgan fingerprint density at radius 3 is 2.61 bits per heavy atom. The molecule has 1 amide bonds. The van der Waals surface area contributed by atoms with Crippen molar-refractivity contribution < 1.29 is 23.9 Å². The second-order valence-electron chi connectivity index (χ2n) is 4.65. The summed E-state index contributed by atoms with van der Waals surface area (Å²) in [5.74, 6) is -1.72. The number of ketones is 1. The second-order valence-corrected chi connectivity index (χ2v) is 4.65. The van der Waals surface area contributed by atoms with E-state index in [1.807, 2.05) is 0 Å². The molecule has 0 aliphatic carbocycles. The number of likely N-dealkylation sites (tertiary alicyclic amines) is 1. The van der Waals surface area contributed by atoms with Gasteiger partial charge in [0, 0.05) is 25.7 Å². The molecule has 0 saturated carbocycles. The lowest BCUT2D eigenvalue weighted by molar-refractivity contribution is -0.147. The number of esters is 1. The highest BCUT2D eigenvalue weighted by atomic mass is 16.5. The number of nitrogens with zero attached hydrogens (tertiary/aromatic N) is 1. The molecule has 2 aliphatic heterocycles. The first-order chi connectivity index (χ1) is 8.63. The summed E-state index contributed by atoms with van der Waals surface area (Å²) >= 11 is 0. The standard InChI is InChI=1S/C12H17NO5/c1-17-12(16)9-6-13(7-10(9)14)11(15)8-2-4-18-5-3-8/h8-9H,2-7H2,1H3. The summed E-state index contributed by atoms with van der Waals surface area (Å²) in [6, 6.07) is 0. The van der Waals surface area contributed by atoms with E-state index in [1.165, 1.54) is 12.0 Å². The van der Waals surface area contributed by atoms with Gasteiger partial charge >= 0.3 is 5.97 Å². The Kier molecular flexibility index (Phi) is 3.96. The van der Waals surface area contributed by atoms with Crippen molar-refractivity contribution in [3.63, 3.8) is 0 Å². The number of Topliss-reactive ketones (excluding diaryl/α,β-unsaturated/α-hetero) is 1. The first-order valence-electron chi connectivity index (χ1n) is 6.10. The number of carbonyl (C=O) groups excluding carboxylic acids is 3. The molecule has 2 fully saturated rings. The summed E-state index contributed by atoms with van der Waals surface area (Å²) in [6.07, 6.45) is 1.37. The molecule has 0 aromatic carbocycles. The molecule has 2 rings (SSSR count). The molecule has 6 nitrogen and oxygen atoms in total. The molecule has 18 heavy (non-hydrogen) atoms. The lowest BCUT2D eigenvalue weighted by atomic mass is 9.99. The monoisotopic (exact) mass is 255 g/mol. The molecule has 0 aromatic heterocycles. The minimum absolute atomic E-state index is 0.0238. The van der Waals surface area contributed by atoms with Gasteiger partial charge in [-0.1, -0.05) is 0 Å². The highest BCUT2D eigenvalue weighted by Crippen LogP contribution is 2.22. The molecule has 1 unspecified atom stereocenters. The third kappa shape index (κ3) is 2.53. The lowest BCUT2D eigenvalue weighted by Crippen LogP contribution is -2.37. The fourth-order valence-electron chi connectivity index (χ4n) is 2.40. The molecule has 2 heterocycles. The molecule has 0 radical (unpaired) electrons. The van der Waals surface area contributed by atoms with Gasteiger partial charge in [-0.25, -0.2) is 0 Å². The van der Waals surface area contributed by atoms with Gasteiger partial charge in [0.25, 0.3) is 0 Å². The Morgan fingerprint density at radius 2 is 2.00 bits per heavy atom. The van der Waals surface area contributed by atoms with Gasteiger partial charge in [0.05, 0.1) is 13.7 Å². The van der Waals surface area contributed by atoms with Crippen molar-refractivity contribution >= 4 is 17.7 Å². The van der Waals surface area contributed by atoms with Crippen LogP contribution in [0.4, 0.5) is 0 Å². The van der Waals surface area contributed by atoms with E-state index in [4.69, 9.17) is 4.74 Å². The normalized spacial score (nSPS) is 25.3. The van der Waals surface area contributed by atoms with Crippen molar-refractivity contribution in [3.05, 3.63) is 0 Å². The third-order valence-electron chi connectivity index (χ3n) is 3.51. The number of amides is 1. The van der Waals surface area contributed by atoms with Crippen LogP contribution < -0.4 is 0 Å². The van der Waals surface area contributed by atoms with Gasteiger partial charge in [0.2, 0.25) is 5.91 Å². The highest BCUT2D eigenvalue weighted by Gasteiger charge is 2.40. The Morgan fingerprint density at radius 1 is 1.33 bits per heavy atom. The summed E-state index contributed by atoms with van der Waals surface area (Å²) in [6.45, 7) is 1.34. The predicted molar refractivity (Wildman–Crippen MR) is 60.6 cm³/mol. The van der Waals surface area contributed by atoms with Crippen LogP contribution in [0.2, 0.25) is 0 Å². The van der Waals surface area contributed by atoms with E-state index in [-0.39, 0.29) is 30.7 Å². The van der Waals surface area contributed by atoms with E-state index in [0.29, 0.717) is 26.1 Å². The highest BCUT2D eigenvalue weighted by molar-refractivity contribution is 6.04. The van der Waals surface area contributed by atoms with Crippen LogP contribution in [-0.4, -0.2) is 56.0 Å². The summed E-state index contributed by atoms with van der Waals surface area (Å²) in [5, 5.41) is 0. The predicted octanol–water partition coefficient (Wildman–Crippen LogP) is -0.387. The van der Waals surface area contributed by atoms with Crippen molar-refractivity contribution in [1.29, 1.82) is 0 Å². The molecule has 0 aromatic rings. The first-order valence-corrected chi connectivity index (χ1v) is 6.10. The average Bonchev–Trinajstić information content (AvgIpc) is 2.80. The zero-order valence-electron chi connectivity index (χ0n) is 10.4. The molecule has 0 N–H and O–H groups in total. The molecule has 100 valence electrons. The number of carbonyl (C=O) groups is 3. The van der Waals surface area contributed by atoms with Gasteiger partial charge in [-0.05, 0) is 12.8 Å². The van der Waals surface area contributed by atoms with Crippen molar-refractivity contribution in [3.8, 4) is 0 Å². The molecule has 1 atom stereocenters. The van der Waals surface area contributed by atoms with Gasteiger partial charge in [-0.3, -0.25) is 14.4 Å². The van der Waals surface area contributed by atoms with Gasteiger partial charge in [-0.15, -0.1) is 0 Å². The van der Waals surface area contributed by atoms with Crippen LogP contribution in [0.5, 0.6) is 0 Å². The van der Waals surface area contributed by atoms with E-state index in [1.54, 1.807) is 0 Å². The van der Waals surface area contributed by atoms with Gasteiger partial charge in [-0.2, -0.15) is 0 Å². The zero-order chi connectivity index (χ0) is 13.1. The summed E-state index contributed by atoms with van der Waals surface area (Å²) in [4.78, 5) is 36.7. The average molecular weight is 255 g/mol. The van der Waals surface area contributed by atoms with Crippen LogP contribution in [0.1, 0.15) is 12.8 Å². The fraction of sp³-hybridized carbons (Fsp3) is 0.750. The van der Waals surface area contributed by atoms with Crippen LogP contribution in [0, 0.1) is 11.8 Å². The van der Waals surface area contributed by atoms with Gasteiger partial charge < -0.3 is 14.4 Å². The minimum Gasteiger partial charge on any atom is -0.468 e. The van der Waals surface area contributed by atoms with E-state index < -0.39 is 11.9 Å². The molecule has 2 aliphatic rings. The summed E-state index contributed by atoms with van der Waals surface area (Å²) < 4.78 is 9.76. The number of methoxy groups -OCH3 is 1. The topological polar surface area (TPSA) is 72.9 Å². The smallest absolute Gasteiger partial charge is 0.318 e. The van der Waals surface area contributed by atoms with Gasteiger partial charge in [0.15, 0.2) is 5.78 Å². The summed E-state index contributed by atoms with van der Waals surface area (Å²) in [5.41, 5.74) is 0. The molecule has 6 heteroatoms. The molecular weight excluding hydrogens is 238 g/mol. The molecule has 0 bridgehead atoms. The zero-order valence-corrected chi connectivity index (χ0v) is 10.4. The van der Waals surface area contributed by atoms with E-state index in [0.717, 1.165) is 0 Å². The molecular formula is C12H17NO5. The Hall–Kier alpha value is -1.43. The second kappa shape index (κ2) is 5.48. The summed E-state index contributed by atoms with van der Waals surface area (Å²) in [7, 11) is 1.25. The maximum absolute atomic E-state index is 12.2. The van der Waals surface area contributed by atoms with Crippen molar-refractivity contribution in [2.24, 2.45) is 11.8 Å². The fourth-order valence-corrected chi connectivity index (χ4v) is 2.40. The van der Waals surface area contributed by atoms with Crippen LogP contribution in [0.15, 0.2) is 0 Å². The Bertz CT molecular complexity index is 361. The van der Waals surface area contributed by atoms with E-state index >= 15 is 0 Å². The number of ether oxygens (including phenoxy) is 2. The van der Waals surface area contributed by atoms with Crippen molar-refractivity contribution in [2.75, 3.05) is 33.4 Å². The van der Waals surface area contributed by atoms with E-state index in [2.05, 4.69) is 4.74 Å². The molecule has 0 spiro atoms. The largest absolute Gasteiger partial charge is 0.468 e. The first kappa shape index (κ1) is 13.0. The van der Waals surface area contributed by atoms with Crippen molar-refractivity contribution in [2.45, 2.75) is 12.8 Å². The maximum atomic E-state index is 12.2. The van der Waals surface area contributed by atoms with E-state index in [9.17, 15) is 14.4 Å². The number of rotatable bonds is 2. The lowest BCUT2D eigenvalue weighted by Gasteiger charge is -2.25. The maximum Gasteiger partial charge on any atom is 0.318 e. The molecule has 2 saturated heterocycles. The SMILES string of the molecule is COC(=O)C1CN(C(=O)C2CCOCC2)CC1=O. The Balaban J connectivity index is 1.96. The minimum atomic E-state index is -0.807. The van der Waals surface area contributed by atoms with Crippen LogP contribution >= 0.6 is 0 Å². The van der Waals surface area contributed by atoms with Crippen LogP contribution in [-0.2, 0) is 23.9 Å². The quantitative estimate of drug-likeness (QED) is 0.496. The van der Waals surface area contributed by atoms with Gasteiger partial charge in [0.1, 0.15) is 5.92 Å². The third-order valence-corrected chi connectivity index (χ3v) is 3.51. The van der Waals surface area contributed by atoms with Crippen LogP contribution in [0.3, 0.4) is 0 Å². The van der Waals surface area contributed by atoms with Crippen LogP contribution in [0.25, 0.3) is 0 Å². The number of hydrogen-bond acceptors (Lipinski definition) is 5. The number of hydrogen-bond donors (Lipinski definition) is 0. The Labute approximate surface area is 105 Å².